The van der Waals surface area contributed by atoms with Crippen molar-refractivity contribution in [2.45, 2.75) is 28.5 Å². The highest BCUT2D eigenvalue weighted by atomic mass is 32.2. The number of ether oxygens (including phenoxy) is 1. The Balaban J connectivity index is 1.23. The molecule has 1 aliphatic heterocycles. The molecular weight excluding hydrogens is 502 g/mol. The summed E-state index contributed by atoms with van der Waals surface area (Å²) in [5.74, 6) is 0.385. The van der Waals surface area contributed by atoms with Crippen molar-refractivity contribution in [2.75, 3.05) is 13.2 Å². The number of aromatic nitrogens is 1. The molecule has 0 saturated carbocycles. The predicted molar refractivity (Wildman–Crippen MR) is 135 cm³/mol. The molecule has 3 aromatic rings. The third kappa shape index (κ3) is 6.29. The van der Waals surface area contributed by atoms with Crippen molar-refractivity contribution in [3.8, 4) is 5.75 Å². The van der Waals surface area contributed by atoms with Crippen LogP contribution in [0.4, 0.5) is 4.79 Å². The van der Waals surface area contributed by atoms with E-state index < -0.39 is 15.1 Å². The Labute approximate surface area is 212 Å². The van der Waals surface area contributed by atoms with Crippen LogP contribution < -0.4 is 10.1 Å². The predicted octanol–water partition coefficient (Wildman–Crippen LogP) is 3.63. The van der Waals surface area contributed by atoms with Crippen molar-refractivity contribution in [3.63, 3.8) is 0 Å². The van der Waals surface area contributed by atoms with Crippen molar-refractivity contribution in [1.82, 2.24) is 10.3 Å². The molecule has 1 fully saturated rings. The minimum Gasteiger partial charge on any atom is -0.490 e. The Morgan fingerprint density at radius 2 is 1.78 bits per heavy atom. The normalized spacial score (nSPS) is 16.0. The van der Waals surface area contributed by atoms with Crippen LogP contribution in [0.1, 0.15) is 18.1 Å². The van der Waals surface area contributed by atoms with Gasteiger partial charge in [0.25, 0.3) is 5.24 Å². The Morgan fingerprint density at radius 1 is 1.03 bits per heavy atom. The number of imide groups is 1. The maximum Gasteiger partial charge on any atom is 0.286 e. The van der Waals surface area contributed by atoms with Gasteiger partial charge < -0.3 is 9.57 Å². The van der Waals surface area contributed by atoms with E-state index in [1.54, 1.807) is 43.3 Å². The van der Waals surface area contributed by atoms with Crippen LogP contribution in [0.5, 0.6) is 5.75 Å². The van der Waals surface area contributed by atoms with Crippen LogP contribution >= 0.6 is 11.8 Å². The maximum absolute atomic E-state index is 12.6. The molecule has 4 rings (SSSR count). The molecule has 1 saturated heterocycles. The number of hydrogen-bond donors (Lipinski definition) is 1. The van der Waals surface area contributed by atoms with Gasteiger partial charge in [-0.1, -0.05) is 47.2 Å². The fourth-order valence-electron chi connectivity index (χ4n) is 3.36. The van der Waals surface area contributed by atoms with E-state index in [1.165, 1.54) is 24.4 Å². The van der Waals surface area contributed by atoms with Crippen LogP contribution in [0, 0.1) is 0 Å². The van der Waals surface area contributed by atoms with Crippen LogP contribution in [0.25, 0.3) is 0 Å². The first-order chi connectivity index (χ1) is 17.3. The summed E-state index contributed by atoms with van der Waals surface area (Å²) >= 11 is 1.00. The quantitative estimate of drug-likeness (QED) is 0.242. The highest BCUT2D eigenvalue weighted by Gasteiger charge is 2.31. The average molecular weight is 526 g/mol. The number of pyridine rings is 1. The molecule has 1 N–H and O–H groups in total. The first kappa shape index (κ1) is 25.4. The van der Waals surface area contributed by atoms with E-state index in [9.17, 15) is 18.0 Å². The molecule has 9 nitrogen and oxygen atoms in total. The summed E-state index contributed by atoms with van der Waals surface area (Å²) in [6, 6.07) is 18.4. The monoisotopic (exact) mass is 525 g/mol. The lowest BCUT2D eigenvalue weighted by Crippen LogP contribution is -2.25. The van der Waals surface area contributed by atoms with Gasteiger partial charge in [-0.05, 0) is 60.9 Å². The molecular formula is C25H23N3O6S2. The van der Waals surface area contributed by atoms with Crippen molar-refractivity contribution in [1.29, 1.82) is 0 Å². The van der Waals surface area contributed by atoms with Gasteiger partial charge in [0.2, 0.25) is 15.7 Å². The highest BCUT2D eigenvalue weighted by molar-refractivity contribution is 8.15. The molecule has 11 heteroatoms. The zero-order chi connectivity index (χ0) is 25.5. The molecule has 0 bridgehead atoms. The molecule has 0 spiro atoms. The second-order valence-electron chi connectivity index (χ2n) is 7.79. The molecule has 186 valence electrons. The van der Waals surface area contributed by atoms with Crippen molar-refractivity contribution in [3.05, 3.63) is 84.1 Å². The molecule has 0 aliphatic carbocycles. The van der Waals surface area contributed by atoms with Gasteiger partial charge in [-0.2, -0.15) is 0 Å². The SMILES string of the molecule is C/C(=N/OCCOc1ccc(CC2SC(=O)NC2=O)cc1)c1ccc(S(=O)(=O)c2ccccn2)cc1. The highest BCUT2D eigenvalue weighted by Crippen LogP contribution is 2.24. The van der Waals surface area contributed by atoms with Crippen LogP contribution in [-0.2, 0) is 25.9 Å². The van der Waals surface area contributed by atoms with Gasteiger partial charge in [-0.15, -0.1) is 0 Å². The molecule has 2 amide bonds. The molecule has 1 aliphatic rings. The van der Waals surface area contributed by atoms with Gasteiger partial charge in [0, 0.05) is 6.20 Å². The Kier molecular flexibility index (Phi) is 8.01. The molecule has 0 radical (unpaired) electrons. The number of thioether (sulfide) groups is 1. The van der Waals surface area contributed by atoms with Crippen LogP contribution in [0.2, 0.25) is 0 Å². The van der Waals surface area contributed by atoms with Gasteiger partial charge in [-0.3, -0.25) is 14.9 Å². The number of rotatable bonds is 10. The van der Waals surface area contributed by atoms with Crippen molar-refractivity contribution < 1.29 is 27.6 Å². The zero-order valence-corrected chi connectivity index (χ0v) is 20.9. The number of carbonyl (C=O) groups is 2. The summed E-state index contributed by atoms with van der Waals surface area (Å²) in [7, 11) is -3.68. The zero-order valence-electron chi connectivity index (χ0n) is 19.3. The number of carbonyl (C=O) groups excluding carboxylic acids is 2. The summed E-state index contributed by atoms with van der Waals surface area (Å²) < 4.78 is 30.9. The second-order valence-corrected chi connectivity index (χ2v) is 10.9. The summed E-state index contributed by atoms with van der Waals surface area (Å²) in [4.78, 5) is 32.3. The number of benzene rings is 2. The standard InChI is InChI=1S/C25H23N3O6S2/c1-17(19-7-11-21(12-8-19)36(31,32)23-4-2-3-13-26-23)28-34-15-14-33-20-9-5-18(6-10-20)16-22-24(29)27-25(30)35-22/h2-13,22H,14-16H2,1H3,(H,27,29,30)/b28-17-. The van der Waals surface area contributed by atoms with E-state index in [-0.39, 0.29) is 34.3 Å². The molecule has 2 heterocycles. The Bertz CT molecular complexity index is 1360. The van der Waals surface area contributed by atoms with E-state index >= 15 is 0 Å². The molecule has 36 heavy (non-hydrogen) atoms. The third-order valence-electron chi connectivity index (χ3n) is 5.25. The van der Waals surface area contributed by atoms with Crippen molar-refractivity contribution in [2.24, 2.45) is 5.16 Å². The third-order valence-corrected chi connectivity index (χ3v) is 7.92. The fourth-order valence-corrected chi connectivity index (χ4v) is 5.41. The smallest absolute Gasteiger partial charge is 0.286 e. The van der Waals surface area contributed by atoms with Gasteiger partial charge >= 0.3 is 0 Å². The number of amides is 2. The number of sulfone groups is 1. The summed E-state index contributed by atoms with van der Waals surface area (Å²) in [6.07, 6.45) is 1.91. The van der Waals surface area contributed by atoms with Crippen LogP contribution in [0.15, 0.2) is 88.0 Å². The van der Waals surface area contributed by atoms with E-state index in [2.05, 4.69) is 15.5 Å². The second kappa shape index (κ2) is 11.4. The Hall–Kier alpha value is -3.70. The Morgan fingerprint density at radius 3 is 2.42 bits per heavy atom. The van der Waals surface area contributed by atoms with E-state index in [1.807, 2.05) is 12.1 Å². The minimum atomic E-state index is -3.68. The fraction of sp³-hybridized carbons (Fsp3) is 0.200. The van der Waals surface area contributed by atoms with Crippen molar-refractivity contribution >= 4 is 38.5 Å². The maximum atomic E-state index is 12.6. The molecule has 2 aromatic carbocycles. The van der Waals surface area contributed by atoms with Gasteiger partial charge in [0.1, 0.15) is 12.4 Å². The molecule has 1 atom stereocenters. The average Bonchev–Trinajstić information content (AvgIpc) is 3.21. The summed E-state index contributed by atoms with van der Waals surface area (Å²) in [5.41, 5.74) is 2.25. The van der Waals surface area contributed by atoms with Gasteiger partial charge in [0.05, 0.1) is 15.9 Å². The van der Waals surface area contributed by atoms with E-state index in [0.717, 1.165) is 22.9 Å². The minimum absolute atomic E-state index is 0.00202. The number of oxime groups is 1. The lowest BCUT2D eigenvalue weighted by Gasteiger charge is -2.09. The van der Waals surface area contributed by atoms with Gasteiger partial charge in [-0.25, -0.2) is 13.4 Å². The number of hydrogen-bond acceptors (Lipinski definition) is 9. The van der Waals surface area contributed by atoms with Crippen LogP contribution in [0.3, 0.4) is 0 Å². The largest absolute Gasteiger partial charge is 0.490 e. The van der Waals surface area contributed by atoms with Gasteiger partial charge in [0.15, 0.2) is 11.6 Å². The number of nitrogens with one attached hydrogen (secondary N) is 1. The van der Waals surface area contributed by atoms with E-state index in [0.29, 0.717) is 17.9 Å². The lowest BCUT2D eigenvalue weighted by molar-refractivity contribution is -0.118. The lowest BCUT2D eigenvalue weighted by atomic mass is 10.1. The van der Waals surface area contributed by atoms with Crippen LogP contribution in [-0.4, -0.2) is 48.7 Å². The summed E-state index contributed by atoms with van der Waals surface area (Å²) in [6.45, 7) is 2.25. The topological polar surface area (TPSA) is 124 Å². The molecule has 1 unspecified atom stereocenters. The summed E-state index contributed by atoms with van der Waals surface area (Å²) in [5, 5.41) is 5.63. The first-order valence-electron chi connectivity index (χ1n) is 11.0. The molecule has 1 aromatic heterocycles. The first-order valence-corrected chi connectivity index (χ1v) is 13.4. The van der Waals surface area contributed by atoms with E-state index in [4.69, 9.17) is 9.57 Å². The number of nitrogens with zero attached hydrogens (tertiary/aromatic N) is 2.